The molecule has 0 bridgehead atoms. The number of carbonyl (C=O) groups is 1. The number of ether oxygens (including phenoxy) is 3. The minimum Gasteiger partial charge on any atom is -0.493 e. The molecular weight excluding hydrogens is 558 g/mol. The molecule has 0 saturated heterocycles. The monoisotopic (exact) mass is 585 g/mol. The number of thiazole rings is 1. The molecule has 11 heteroatoms. The number of nitro benzene ring substituents is 1. The second-order valence-electron chi connectivity index (χ2n) is 9.29. The average Bonchev–Trinajstić information content (AvgIpc) is 3.33. The van der Waals surface area contributed by atoms with E-state index in [4.69, 9.17) is 14.2 Å². The van der Waals surface area contributed by atoms with Gasteiger partial charge >= 0.3 is 5.97 Å². The molecule has 4 aromatic rings. The summed E-state index contributed by atoms with van der Waals surface area (Å²) in [4.78, 5) is 43.4. The van der Waals surface area contributed by atoms with Crippen molar-refractivity contribution >= 4 is 29.1 Å². The quantitative estimate of drug-likeness (QED) is 0.163. The van der Waals surface area contributed by atoms with E-state index in [9.17, 15) is 19.7 Å². The molecule has 2 heterocycles. The molecule has 10 nitrogen and oxygen atoms in total. The Labute approximate surface area is 244 Å². The summed E-state index contributed by atoms with van der Waals surface area (Å²) in [5.74, 6) is -0.102. The lowest BCUT2D eigenvalue weighted by Crippen LogP contribution is -2.40. The Morgan fingerprint density at radius 1 is 1.07 bits per heavy atom. The molecule has 1 aromatic heterocycles. The first kappa shape index (κ1) is 28.5. The molecular formula is C31H27N3O7S. The van der Waals surface area contributed by atoms with Crippen LogP contribution in [0.15, 0.2) is 93.9 Å². The molecule has 3 aromatic carbocycles. The number of aromatic nitrogens is 1. The van der Waals surface area contributed by atoms with E-state index in [1.807, 2.05) is 67.6 Å². The average molecular weight is 586 g/mol. The number of hydrogen-bond acceptors (Lipinski definition) is 9. The fraction of sp³-hybridized carbons (Fsp3) is 0.194. The van der Waals surface area contributed by atoms with Crippen LogP contribution < -0.4 is 24.4 Å². The highest BCUT2D eigenvalue weighted by atomic mass is 32.1. The maximum absolute atomic E-state index is 13.9. The van der Waals surface area contributed by atoms with Crippen LogP contribution in [0.1, 0.15) is 36.1 Å². The molecule has 0 amide bonds. The Morgan fingerprint density at radius 2 is 1.76 bits per heavy atom. The first-order chi connectivity index (χ1) is 20.4. The summed E-state index contributed by atoms with van der Waals surface area (Å²) < 4.78 is 18.1. The van der Waals surface area contributed by atoms with E-state index in [1.54, 1.807) is 0 Å². The third-order valence-electron chi connectivity index (χ3n) is 6.80. The van der Waals surface area contributed by atoms with Crippen molar-refractivity contribution < 1.29 is 23.9 Å². The second kappa shape index (κ2) is 12.2. The van der Waals surface area contributed by atoms with E-state index in [-0.39, 0.29) is 39.5 Å². The highest BCUT2D eigenvalue weighted by Gasteiger charge is 2.33. The summed E-state index contributed by atoms with van der Waals surface area (Å²) in [7, 11) is 2.73. The Balaban J connectivity index is 1.66. The lowest BCUT2D eigenvalue weighted by Gasteiger charge is -2.25. The maximum Gasteiger partial charge on any atom is 0.338 e. The Kier molecular flexibility index (Phi) is 8.30. The van der Waals surface area contributed by atoms with Gasteiger partial charge in [-0.3, -0.25) is 19.5 Å². The van der Waals surface area contributed by atoms with Crippen molar-refractivity contribution in [3.8, 4) is 11.5 Å². The first-order valence-corrected chi connectivity index (χ1v) is 13.9. The van der Waals surface area contributed by atoms with Gasteiger partial charge in [0.05, 0.1) is 52.6 Å². The normalized spacial score (nSPS) is 14.6. The fourth-order valence-electron chi connectivity index (χ4n) is 4.80. The van der Waals surface area contributed by atoms with Gasteiger partial charge in [0, 0.05) is 0 Å². The van der Waals surface area contributed by atoms with E-state index >= 15 is 0 Å². The van der Waals surface area contributed by atoms with Crippen LogP contribution in [0, 0.1) is 10.1 Å². The molecule has 0 N–H and O–H groups in total. The van der Waals surface area contributed by atoms with Crippen LogP contribution >= 0.6 is 11.3 Å². The number of methoxy groups -OCH3 is 2. The summed E-state index contributed by atoms with van der Waals surface area (Å²) in [5, 5.41) is 12.1. The molecule has 0 unspecified atom stereocenters. The van der Waals surface area contributed by atoms with Gasteiger partial charge in [-0.25, -0.2) is 9.79 Å². The minimum atomic E-state index is -0.773. The fourth-order valence-corrected chi connectivity index (χ4v) is 5.81. The number of esters is 1. The molecule has 1 aliphatic heterocycles. The van der Waals surface area contributed by atoms with Gasteiger partial charge in [0.2, 0.25) is 0 Å². The third-order valence-corrected chi connectivity index (χ3v) is 7.78. The molecule has 1 atom stereocenters. The largest absolute Gasteiger partial charge is 0.493 e. The molecule has 1 aliphatic rings. The zero-order valence-corrected chi connectivity index (χ0v) is 23.9. The molecule has 42 heavy (non-hydrogen) atoms. The van der Waals surface area contributed by atoms with Gasteiger partial charge in [-0.1, -0.05) is 78.9 Å². The van der Waals surface area contributed by atoms with E-state index in [0.717, 1.165) is 16.9 Å². The van der Waals surface area contributed by atoms with Crippen molar-refractivity contribution in [2.75, 3.05) is 14.2 Å². The van der Waals surface area contributed by atoms with Crippen molar-refractivity contribution in [3.05, 3.63) is 131 Å². The molecule has 5 rings (SSSR count). The van der Waals surface area contributed by atoms with Crippen LogP contribution in [0.2, 0.25) is 0 Å². The van der Waals surface area contributed by atoms with Crippen LogP contribution in [0.5, 0.6) is 11.5 Å². The minimum absolute atomic E-state index is 0.160. The van der Waals surface area contributed by atoms with Crippen LogP contribution in [0.25, 0.3) is 6.08 Å². The number of nitrogens with zero attached hydrogens (tertiary/aromatic N) is 3. The summed E-state index contributed by atoms with van der Waals surface area (Å²) in [6.45, 7) is 2.06. The van der Waals surface area contributed by atoms with Gasteiger partial charge in [0.25, 0.3) is 11.2 Å². The van der Waals surface area contributed by atoms with Gasteiger partial charge in [-0.2, -0.15) is 0 Å². The lowest BCUT2D eigenvalue weighted by molar-refractivity contribution is -0.385. The van der Waals surface area contributed by atoms with Crippen LogP contribution in [0.3, 0.4) is 0 Å². The van der Waals surface area contributed by atoms with Crippen molar-refractivity contribution in [2.24, 2.45) is 4.99 Å². The van der Waals surface area contributed by atoms with Crippen molar-refractivity contribution in [2.45, 2.75) is 26.0 Å². The van der Waals surface area contributed by atoms with Crippen LogP contribution in [-0.2, 0) is 16.1 Å². The van der Waals surface area contributed by atoms with Crippen LogP contribution in [0.4, 0.5) is 5.69 Å². The molecule has 0 radical (unpaired) electrons. The van der Waals surface area contributed by atoms with E-state index in [0.29, 0.717) is 22.5 Å². The molecule has 214 valence electrons. The van der Waals surface area contributed by atoms with E-state index in [1.165, 1.54) is 37.0 Å². The van der Waals surface area contributed by atoms with Gasteiger partial charge in [-0.05, 0) is 29.7 Å². The molecule has 0 saturated carbocycles. The maximum atomic E-state index is 13.9. The number of allylic oxidation sites excluding steroid dienone is 1. The molecule has 0 fully saturated rings. The smallest absolute Gasteiger partial charge is 0.338 e. The zero-order chi connectivity index (χ0) is 29.8. The number of rotatable bonds is 9. The highest BCUT2D eigenvalue weighted by Crippen LogP contribution is 2.36. The number of fused-ring (bicyclic) bond motifs is 1. The summed E-state index contributed by atoms with van der Waals surface area (Å²) in [6, 6.07) is 20.5. The van der Waals surface area contributed by atoms with Crippen molar-refractivity contribution in [1.82, 2.24) is 4.57 Å². The van der Waals surface area contributed by atoms with Gasteiger partial charge in [0.1, 0.15) is 6.61 Å². The summed E-state index contributed by atoms with van der Waals surface area (Å²) >= 11 is 1.09. The van der Waals surface area contributed by atoms with Gasteiger partial charge in [0.15, 0.2) is 16.3 Å². The molecule has 0 spiro atoms. The van der Waals surface area contributed by atoms with Crippen molar-refractivity contribution in [3.63, 3.8) is 0 Å². The van der Waals surface area contributed by atoms with E-state index in [2.05, 4.69) is 4.99 Å². The Bertz CT molecular complexity index is 1860. The van der Waals surface area contributed by atoms with Gasteiger partial charge in [-0.15, -0.1) is 0 Å². The second-order valence-corrected chi connectivity index (χ2v) is 10.3. The third kappa shape index (κ3) is 5.46. The number of carbonyl (C=O) groups excluding carboxylic acids is 1. The predicted molar refractivity (Wildman–Crippen MR) is 157 cm³/mol. The highest BCUT2D eigenvalue weighted by molar-refractivity contribution is 7.07. The first-order valence-electron chi connectivity index (χ1n) is 13.1. The molecule has 0 aliphatic carbocycles. The van der Waals surface area contributed by atoms with E-state index < -0.39 is 22.5 Å². The Morgan fingerprint density at radius 3 is 2.38 bits per heavy atom. The standard InChI is InChI=1S/C31H27N3O7S/c1-4-22-27(30(36)40-3)28(20-13-9-6-10-14-20)33-29(35)26(42-31(33)32-22)16-21-15-24(39-2)25(17-23(21)34(37)38)41-18-19-11-7-5-8-12-19/h5-17,28H,4,18H2,1-3H3/b26-16-/t28-/m0/s1. The Hall–Kier alpha value is -5.03. The number of nitro groups is 1. The number of benzene rings is 3. The topological polar surface area (TPSA) is 122 Å². The van der Waals surface area contributed by atoms with Crippen molar-refractivity contribution in [1.29, 1.82) is 0 Å². The lowest BCUT2D eigenvalue weighted by atomic mass is 9.95. The van der Waals surface area contributed by atoms with Gasteiger partial charge < -0.3 is 14.2 Å². The summed E-state index contributed by atoms with van der Waals surface area (Å²) in [6.07, 6.45) is 1.88. The number of hydrogen-bond donors (Lipinski definition) is 0. The summed E-state index contributed by atoms with van der Waals surface area (Å²) in [5.41, 5.74) is 1.84. The zero-order valence-electron chi connectivity index (χ0n) is 23.1. The SMILES string of the molecule is CCC1=C(C(=O)OC)[C@H](c2ccccc2)n2c(s/c(=C\c3cc(OC)c(OCc4ccccc4)cc3[N+](=O)[O-])c2=O)=N1. The van der Waals surface area contributed by atoms with Crippen LogP contribution in [-0.4, -0.2) is 29.7 Å². The predicted octanol–water partition coefficient (Wildman–Crippen LogP) is 4.29.